The lowest BCUT2D eigenvalue weighted by Crippen LogP contribution is -2.33. The first-order chi connectivity index (χ1) is 7.60. The van der Waals surface area contributed by atoms with Gasteiger partial charge in [-0.25, -0.2) is 0 Å². The van der Waals surface area contributed by atoms with Crippen LogP contribution in [0.5, 0.6) is 0 Å². The Hall–Kier alpha value is -1.15. The van der Waals surface area contributed by atoms with E-state index < -0.39 is 5.91 Å². The van der Waals surface area contributed by atoms with E-state index in [1.165, 1.54) is 11.8 Å². The number of likely N-dealkylation sites (tertiary alicyclic amines) is 1. The number of hydrogen-bond donors (Lipinski definition) is 1. The van der Waals surface area contributed by atoms with E-state index in [0.717, 1.165) is 36.9 Å². The molecule has 0 aromatic carbocycles. The second-order valence-electron chi connectivity index (χ2n) is 4.03. The van der Waals surface area contributed by atoms with E-state index in [9.17, 15) is 4.79 Å². The molecule has 16 heavy (non-hydrogen) atoms. The zero-order chi connectivity index (χ0) is 12.1. The molecule has 0 atom stereocenters. The van der Waals surface area contributed by atoms with Gasteiger partial charge in [0, 0.05) is 13.1 Å². The van der Waals surface area contributed by atoms with Crippen molar-refractivity contribution in [1.82, 2.24) is 4.90 Å². The standard InChI is InChI=1S/C11H17N3OS/c1-8-3-5-14(6-4-8)11(16-2)9(7-12)10(13)15/h8H,3-6H2,1-2H3,(H2,13,15)/b11-9+. The summed E-state index contributed by atoms with van der Waals surface area (Å²) in [5, 5.41) is 9.66. The molecule has 88 valence electrons. The van der Waals surface area contributed by atoms with Crippen LogP contribution < -0.4 is 5.73 Å². The van der Waals surface area contributed by atoms with Gasteiger partial charge in [0.15, 0.2) is 0 Å². The molecule has 1 amide bonds. The van der Waals surface area contributed by atoms with E-state index in [0.29, 0.717) is 0 Å². The van der Waals surface area contributed by atoms with E-state index in [2.05, 4.69) is 11.8 Å². The van der Waals surface area contributed by atoms with E-state index in [1.807, 2.05) is 12.3 Å². The Morgan fingerprint density at radius 1 is 1.50 bits per heavy atom. The van der Waals surface area contributed by atoms with E-state index in [1.54, 1.807) is 0 Å². The monoisotopic (exact) mass is 239 g/mol. The first kappa shape index (κ1) is 12.9. The Morgan fingerprint density at radius 3 is 2.44 bits per heavy atom. The van der Waals surface area contributed by atoms with Gasteiger partial charge in [-0.2, -0.15) is 5.26 Å². The van der Waals surface area contributed by atoms with Crippen LogP contribution in [-0.2, 0) is 4.79 Å². The number of amides is 1. The third-order valence-electron chi connectivity index (χ3n) is 2.84. The molecule has 0 aromatic heterocycles. The summed E-state index contributed by atoms with van der Waals surface area (Å²) in [7, 11) is 0. The fourth-order valence-electron chi connectivity index (χ4n) is 1.81. The quantitative estimate of drug-likeness (QED) is 0.595. The molecule has 2 N–H and O–H groups in total. The molecule has 5 heteroatoms. The molecule has 0 radical (unpaired) electrons. The highest BCUT2D eigenvalue weighted by Gasteiger charge is 2.22. The van der Waals surface area contributed by atoms with Gasteiger partial charge in [-0.3, -0.25) is 4.79 Å². The maximum atomic E-state index is 11.1. The fourth-order valence-corrected chi connectivity index (χ4v) is 2.60. The third kappa shape index (κ3) is 2.92. The largest absolute Gasteiger partial charge is 0.365 e. The van der Waals surface area contributed by atoms with Crippen LogP contribution in [-0.4, -0.2) is 30.2 Å². The Morgan fingerprint density at radius 2 is 2.06 bits per heavy atom. The normalized spacial score (nSPS) is 18.9. The van der Waals surface area contributed by atoms with Crippen LogP contribution in [0.2, 0.25) is 0 Å². The minimum Gasteiger partial charge on any atom is -0.365 e. The number of carbonyl (C=O) groups excluding carboxylic acids is 1. The van der Waals surface area contributed by atoms with Crippen molar-refractivity contribution in [2.75, 3.05) is 19.3 Å². The molecular weight excluding hydrogens is 222 g/mol. The minimum atomic E-state index is -0.634. The van der Waals surface area contributed by atoms with Crippen molar-refractivity contribution in [3.05, 3.63) is 10.6 Å². The molecule has 0 unspecified atom stereocenters. The van der Waals surface area contributed by atoms with Crippen LogP contribution in [0.3, 0.4) is 0 Å². The summed E-state index contributed by atoms with van der Waals surface area (Å²) in [4.78, 5) is 13.2. The Labute approximate surface area is 100 Å². The highest BCUT2D eigenvalue weighted by Crippen LogP contribution is 2.27. The molecule has 1 rings (SSSR count). The molecule has 1 aliphatic heterocycles. The van der Waals surface area contributed by atoms with Crippen LogP contribution in [0.1, 0.15) is 19.8 Å². The van der Waals surface area contributed by atoms with Gasteiger partial charge < -0.3 is 10.6 Å². The van der Waals surface area contributed by atoms with Crippen LogP contribution in [0.25, 0.3) is 0 Å². The smallest absolute Gasteiger partial charge is 0.262 e. The number of hydrogen-bond acceptors (Lipinski definition) is 4. The number of primary amides is 1. The molecule has 0 spiro atoms. The van der Waals surface area contributed by atoms with Gasteiger partial charge in [0.2, 0.25) is 0 Å². The maximum absolute atomic E-state index is 11.1. The lowest BCUT2D eigenvalue weighted by atomic mass is 9.99. The summed E-state index contributed by atoms with van der Waals surface area (Å²) >= 11 is 1.42. The second-order valence-corrected chi connectivity index (χ2v) is 4.82. The van der Waals surface area contributed by atoms with Crippen molar-refractivity contribution < 1.29 is 4.79 Å². The van der Waals surface area contributed by atoms with Crippen molar-refractivity contribution in [1.29, 1.82) is 5.26 Å². The maximum Gasteiger partial charge on any atom is 0.262 e. The van der Waals surface area contributed by atoms with Crippen molar-refractivity contribution in [2.45, 2.75) is 19.8 Å². The van der Waals surface area contributed by atoms with Crippen molar-refractivity contribution >= 4 is 17.7 Å². The molecule has 4 nitrogen and oxygen atoms in total. The fraction of sp³-hybridized carbons (Fsp3) is 0.636. The summed E-state index contributed by atoms with van der Waals surface area (Å²) in [6.07, 6.45) is 4.07. The number of nitrogens with zero attached hydrogens (tertiary/aromatic N) is 2. The molecule has 0 bridgehead atoms. The van der Waals surface area contributed by atoms with E-state index in [4.69, 9.17) is 11.0 Å². The zero-order valence-electron chi connectivity index (χ0n) is 9.69. The average Bonchev–Trinajstić information content (AvgIpc) is 2.26. The lowest BCUT2D eigenvalue weighted by Gasteiger charge is -2.33. The number of thioether (sulfide) groups is 1. The summed E-state index contributed by atoms with van der Waals surface area (Å²) in [6.45, 7) is 4.02. The van der Waals surface area contributed by atoms with Gasteiger partial charge in [0.05, 0.1) is 5.03 Å². The second kappa shape index (κ2) is 5.80. The predicted molar refractivity (Wildman–Crippen MR) is 65.3 cm³/mol. The number of piperidine rings is 1. The molecule has 0 aromatic rings. The first-order valence-corrected chi connectivity index (χ1v) is 6.55. The summed E-state index contributed by atoms with van der Waals surface area (Å²) in [5.41, 5.74) is 5.28. The van der Waals surface area contributed by atoms with Gasteiger partial charge in [-0.1, -0.05) is 6.92 Å². The van der Waals surface area contributed by atoms with Crippen molar-refractivity contribution in [3.63, 3.8) is 0 Å². The van der Waals surface area contributed by atoms with Crippen molar-refractivity contribution in [3.8, 4) is 6.07 Å². The number of nitrogens with two attached hydrogens (primary N) is 1. The Bertz CT molecular complexity index is 338. The topological polar surface area (TPSA) is 70.1 Å². The molecule has 1 aliphatic rings. The minimum absolute atomic E-state index is 0.0852. The first-order valence-electron chi connectivity index (χ1n) is 5.33. The summed E-state index contributed by atoms with van der Waals surface area (Å²) in [6, 6.07) is 1.90. The molecule has 1 heterocycles. The van der Waals surface area contributed by atoms with Crippen LogP contribution in [0.4, 0.5) is 0 Å². The van der Waals surface area contributed by atoms with Crippen LogP contribution in [0.15, 0.2) is 10.6 Å². The molecule has 1 fully saturated rings. The van der Waals surface area contributed by atoms with Gasteiger partial charge in [0.1, 0.15) is 11.6 Å². The highest BCUT2D eigenvalue weighted by atomic mass is 32.2. The predicted octanol–water partition coefficient (Wildman–Crippen LogP) is 1.30. The van der Waals surface area contributed by atoms with Gasteiger partial charge >= 0.3 is 0 Å². The summed E-state index contributed by atoms with van der Waals surface area (Å²) < 4.78 is 0. The number of carbonyl (C=O) groups is 1. The summed E-state index contributed by atoms with van der Waals surface area (Å²) in [5.74, 6) is 0.0870. The molecular formula is C11H17N3OS. The Kier molecular flexibility index (Phi) is 4.69. The molecule has 0 saturated carbocycles. The third-order valence-corrected chi connectivity index (χ3v) is 3.69. The molecule has 1 saturated heterocycles. The van der Waals surface area contributed by atoms with Gasteiger partial charge in [-0.15, -0.1) is 11.8 Å². The molecule has 0 aliphatic carbocycles. The SMILES string of the molecule is CS/C(=C(\C#N)C(N)=O)N1CCC(C)CC1. The van der Waals surface area contributed by atoms with Gasteiger partial charge in [0.25, 0.3) is 5.91 Å². The van der Waals surface area contributed by atoms with Crippen LogP contribution >= 0.6 is 11.8 Å². The number of nitriles is 1. The van der Waals surface area contributed by atoms with Gasteiger partial charge in [-0.05, 0) is 25.0 Å². The van der Waals surface area contributed by atoms with E-state index >= 15 is 0 Å². The van der Waals surface area contributed by atoms with Crippen molar-refractivity contribution in [2.24, 2.45) is 11.7 Å². The van der Waals surface area contributed by atoms with E-state index in [-0.39, 0.29) is 5.57 Å². The zero-order valence-corrected chi connectivity index (χ0v) is 10.5. The van der Waals surface area contributed by atoms with Crippen LogP contribution in [0, 0.1) is 17.2 Å². The average molecular weight is 239 g/mol. The Balaban J connectivity index is 2.89. The number of rotatable bonds is 3. The highest BCUT2D eigenvalue weighted by molar-refractivity contribution is 8.02. The lowest BCUT2D eigenvalue weighted by molar-refractivity contribution is -0.114.